The number of allylic oxidation sites excluding steroid dienone is 2. The Hall–Kier alpha value is -3.09. The number of hydrogen-bond acceptors (Lipinski definition) is 5. The summed E-state index contributed by atoms with van der Waals surface area (Å²) in [5, 5.41) is 18.7. The van der Waals surface area contributed by atoms with Gasteiger partial charge >= 0.3 is 0 Å². The maximum absolute atomic E-state index is 7.62. The summed E-state index contributed by atoms with van der Waals surface area (Å²) < 4.78 is 0. The van der Waals surface area contributed by atoms with Gasteiger partial charge in [0.2, 0.25) is 0 Å². The first kappa shape index (κ1) is 22.4. The molecule has 1 spiro atoms. The van der Waals surface area contributed by atoms with E-state index >= 15 is 0 Å². The molecule has 1 saturated heterocycles. The van der Waals surface area contributed by atoms with Crippen molar-refractivity contribution in [2.75, 3.05) is 25.5 Å². The van der Waals surface area contributed by atoms with Gasteiger partial charge in [0.15, 0.2) is 0 Å². The van der Waals surface area contributed by atoms with Crippen molar-refractivity contribution in [2.45, 2.75) is 31.6 Å². The van der Waals surface area contributed by atoms with E-state index in [1.807, 2.05) is 30.9 Å². The van der Waals surface area contributed by atoms with E-state index in [0.29, 0.717) is 5.41 Å². The van der Waals surface area contributed by atoms with Gasteiger partial charge in [0.25, 0.3) is 0 Å². The second-order valence-corrected chi connectivity index (χ2v) is 11.2. The Balaban J connectivity index is 1.18. The first-order valence-electron chi connectivity index (χ1n) is 12.3. The highest BCUT2D eigenvalue weighted by molar-refractivity contribution is 8.07. The molecule has 1 aromatic heterocycles. The van der Waals surface area contributed by atoms with Gasteiger partial charge in [0, 0.05) is 65.9 Å². The molecule has 1 aliphatic carbocycles. The number of thioether (sulfide) groups is 1. The molecular weight excluding hydrogens is 450 g/mol. The summed E-state index contributed by atoms with van der Waals surface area (Å²) in [6.07, 6.45) is 7.83. The van der Waals surface area contributed by atoms with Crippen molar-refractivity contribution in [3.63, 3.8) is 0 Å². The predicted molar refractivity (Wildman–Crippen MR) is 148 cm³/mol. The molecule has 2 fully saturated rings. The second-order valence-electron chi connectivity index (χ2n) is 10.1. The fourth-order valence-electron chi connectivity index (χ4n) is 5.69. The van der Waals surface area contributed by atoms with Gasteiger partial charge in [-0.1, -0.05) is 49.4 Å². The van der Waals surface area contributed by atoms with Gasteiger partial charge in [0.05, 0.1) is 11.4 Å². The molecule has 6 heteroatoms. The highest BCUT2D eigenvalue weighted by atomic mass is 32.2. The molecule has 0 unspecified atom stereocenters. The lowest BCUT2D eigenvalue weighted by Crippen LogP contribution is -2.58. The maximum Gasteiger partial charge on any atom is 0.0962 e. The zero-order chi connectivity index (χ0) is 24.0. The van der Waals surface area contributed by atoms with Crippen molar-refractivity contribution < 1.29 is 0 Å². The van der Waals surface area contributed by atoms with Crippen LogP contribution in [0.15, 0.2) is 55.1 Å². The molecule has 0 atom stereocenters. The lowest BCUT2D eigenvalue weighted by Gasteiger charge is -2.56. The zero-order valence-electron chi connectivity index (χ0n) is 20.2. The van der Waals surface area contributed by atoms with E-state index in [1.54, 1.807) is 0 Å². The minimum absolute atomic E-state index is 0.683. The number of benzene rings is 2. The SMILES string of the molecule is C=C1C=C(c2ccc(CN3CC4(CCC4)C3)cc2)SCc2c1n[nH]c2-c1ccc(C=N)c(NC)c1. The number of aromatic amines is 1. The third-order valence-electron chi connectivity index (χ3n) is 7.79. The van der Waals surface area contributed by atoms with Crippen molar-refractivity contribution >= 4 is 34.1 Å². The Morgan fingerprint density at radius 2 is 1.94 bits per heavy atom. The maximum atomic E-state index is 7.62. The van der Waals surface area contributed by atoms with Crippen LogP contribution in [-0.2, 0) is 12.3 Å². The zero-order valence-corrected chi connectivity index (χ0v) is 21.0. The van der Waals surface area contributed by atoms with E-state index in [2.05, 4.69) is 63.4 Å². The predicted octanol–water partition coefficient (Wildman–Crippen LogP) is 6.40. The number of H-pyrrole nitrogens is 1. The number of nitrogens with zero attached hydrogens (tertiary/aromatic N) is 2. The average Bonchev–Trinajstić information content (AvgIpc) is 3.19. The van der Waals surface area contributed by atoms with E-state index in [0.717, 1.165) is 46.1 Å². The van der Waals surface area contributed by atoms with E-state index < -0.39 is 0 Å². The fraction of sp³-hybridized carbons (Fsp3) is 0.310. The molecule has 3 aliphatic rings. The quantitative estimate of drug-likeness (QED) is 0.356. The van der Waals surface area contributed by atoms with Crippen LogP contribution in [0.25, 0.3) is 21.7 Å². The standard InChI is InChI=1S/C29H31N5S/c1-19-12-26(21-6-4-20(5-7-21)15-34-17-29(18-34)10-3-11-29)35-16-24-27(19)32-33-28(24)22-8-9-23(14-30)25(13-22)31-2/h4-9,12-14,30-31H,1,3,10-11,15-18H2,2H3,(H,32,33). The van der Waals surface area contributed by atoms with Crippen LogP contribution in [0.3, 0.4) is 0 Å². The monoisotopic (exact) mass is 481 g/mol. The Kier molecular flexibility index (Phi) is 5.66. The summed E-state index contributed by atoms with van der Waals surface area (Å²) in [5.41, 5.74) is 10.2. The number of fused-ring (bicyclic) bond motifs is 1. The van der Waals surface area contributed by atoms with E-state index in [9.17, 15) is 0 Å². The van der Waals surface area contributed by atoms with Gasteiger partial charge in [-0.05, 0) is 47.1 Å². The summed E-state index contributed by atoms with van der Waals surface area (Å²) in [6.45, 7) is 7.96. The smallest absolute Gasteiger partial charge is 0.0962 e. The lowest BCUT2D eigenvalue weighted by atomic mass is 9.63. The summed E-state index contributed by atoms with van der Waals surface area (Å²) in [6, 6.07) is 15.2. The minimum Gasteiger partial charge on any atom is -0.388 e. The molecular formula is C29H31N5S. The van der Waals surface area contributed by atoms with Crippen molar-refractivity contribution in [1.29, 1.82) is 5.41 Å². The number of rotatable bonds is 6. The molecule has 35 heavy (non-hydrogen) atoms. The van der Waals surface area contributed by atoms with E-state index in [-0.39, 0.29) is 0 Å². The van der Waals surface area contributed by atoms with Gasteiger partial charge < -0.3 is 10.7 Å². The molecule has 6 rings (SSSR count). The van der Waals surface area contributed by atoms with Crippen molar-refractivity contribution in [3.05, 3.63) is 83.1 Å². The van der Waals surface area contributed by atoms with Crippen LogP contribution in [-0.4, -0.2) is 41.4 Å². The third-order valence-corrected chi connectivity index (χ3v) is 8.89. The Morgan fingerprint density at radius 3 is 2.63 bits per heavy atom. The fourth-order valence-corrected chi connectivity index (χ4v) is 6.80. The molecule has 2 aromatic carbocycles. The van der Waals surface area contributed by atoms with Crippen molar-refractivity contribution in [2.24, 2.45) is 5.41 Å². The van der Waals surface area contributed by atoms with Gasteiger partial charge in [-0.3, -0.25) is 10.00 Å². The Labute approximate surface area is 211 Å². The molecule has 3 heterocycles. The Bertz CT molecular complexity index is 1320. The van der Waals surface area contributed by atoms with Crippen LogP contribution in [0.5, 0.6) is 0 Å². The average molecular weight is 482 g/mol. The van der Waals surface area contributed by atoms with Gasteiger partial charge in [-0.2, -0.15) is 5.10 Å². The van der Waals surface area contributed by atoms with Gasteiger partial charge in [-0.15, -0.1) is 11.8 Å². The van der Waals surface area contributed by atoms with Crippen LogP contribution in [0.1, 0.15) is 47.2 Å². The topological polar surface area (TPSA) is 67.8 Å². The summed E-state index contributed by atoms with van der Waals surface area (Å²) in [7, 11) is 1.88. The summed E-state index contributed by atoms with van der Waals surface area (Å²) in [5.74, 6) is 0.824. The lowest BCUT2D eigenvalue weighted by molar-refractivity contribution is -0.0645. The minimum atomic E-state index is 0.683. The number of hydrogen-bond donors (Lipinski definition) is 3. The van der Waals surface area contributed by atoms with Crippen LogP contribution in [0.4, 0.5) is 5.69 Å². The van der Waals surface area contributed by atoms with Crippen LogP contribution in [0.2, 0.25) is 0 Å². The first-order chi connectivity index (χ1) is 17.1. The normalized spacial score (nSPS) is 18.8. The van der Waals surface area contributed by atoms with Crippen LogP contribution >= 0.6 is 11.8 Å². The highest BCUT2D eigenvalue weighted by Gasteiger charge is 2.46. The van der Waals surface area contributed by atoms with Gasteiger partial charge in [-0.25, -0.2) is 0 Å². The van der Waals surface area contributed by atoms with E-state index in [1.165, 1.54) is 60.2 Å². The Morgan fingerprint density at radius 1 is 1.17 bits per heavy atom. The first-order valence-corrected chi connectivity index (χ1v) is 13.3. The van der Waals surface area contributed by atoms with Crippen molar-refractivity contribution in [3.8, 4) is 11.3 Å². The van der Waals surface area contributed by atoms with Crippen LogP contribution in [0, 0.1) is 10.8 Å². The molecule has 0 amide bonds. The molecule has 3 N–H and O–H groups in total. The van der Waals surface area contributed by atoms with Crippen LogP contribution < -0.4 is 5.32 Å². The molecule has 0 radical (unpaired) electrons. The molecule has 1 saturated carbocycles. The largest absolute Gasteiger partial charge is 0.388 e. The number of nitrogens with one attached hydrogen (secondary N) is 3. The second kappa shape index (κ2) is 8.85. The molecule has 5 nitrogen and oxygen atoms in total. The van der Waals surface area contributed by atoms with E-state index in [4.69, 9.17) is 5.41 Å². The number of likely N-dealkylation sites (tertiary alicyclic amines) is 1. The molecule has 178 valence electrons. The number of aromatic nitrogens is 2. The number of anilines is 1. The molecule has 0 bridgehead atoms. The van der Waals surface area contributed by atoms with Crippen molar-refractivity contribution in [1.82, 2.24) is 15.1 Å². The molecule has 2 aliphatic heterocycles. The van der Waals surface area contributed by atoms with Gasteiger partial charge in [0.1, 0.15) is 0 Å². The summed E-state index contributed by atoms with van der Waals surface area (Å²) in [4.78, 5) is 3.82. The third kappa shape index (κ3) is 4.05. The highest BCUT2D eigenvalue weighted by Crippen LogP contribution is 2.48. The summed E-state index contributed by atoms with van der Waals surface area (Å²) >= 11 is 1.84. The molecule has 3 aromatic rings.